The Morgan fingerprint density at radius 1 is 1.17 bits per heavy atom. The van der Waals surface area contributed by atoms with E-state index in [1.807, 2.05) is 0 Å². The molecule has 2 rings (SSSR count). The lowest BCUT2D eigenvalue weighted by Gasteiger charge is -2.17. The Morgan fingerprint density at radius 2 is 1.78 bits per heavy atom. The van der Waals surface area contributed by atoms with Gasteiger partial charge in [0.2, 0.25) is 5.91 Å². The second-order valence-corrected chi connectivity index (χ2v) is 5.28. The normalized spacial score (nSPS) is 12.0. The van der Waals surface area contributed by atoms with E-state index >= 15 is 0 Å². The van der Waals surface area contributed by atoms with Crippen LogP contribution in [0.3, 0.4) is 0 Å². The molecule has 0 aliphatic rings. The molecule has 2 aromatic carbocycles. The van der Waals surface area contributed by atoms with Gasteiger partial charge in [0.15, 0.2) is 17.5 Å². The number of rotatable bonds is 5. The highest BCUT2D eigenvalue weighted by molar-refractivity contribution is 6.31. The number of benzene rings is 2. The van der Waals surface area contributed by atoms with Crippen LogP contribution in [0.4, 0.5) is 13.2 Å². The fourth-order valence-electron chi connectivity index (χ4n) is 2.07. The van der Waals surface area contributed by atoms with Gasteiger partial charge >= 0.3 is 0 Å². The number of aliphatic hydroxyl groups is 1. The van der Waals surface area contributed by atoms with Crippen LogP contribution in [0.2, 0.25) is 5.02 Å². The van der Waals surface area contributed by atoms with E-state index in [9.17, 15) is 23.1 Å². The van der Waals surface area contributed by atoms with E-state index in [2.05, 4.69) is 5.32 Å². The molecule has 2 aromatic rings. The lowest BCUT2D eigenvalue weighted by Crippen LogP contribution is -2.32. The molecule has 0 spiro atoms. The molecule has 1 atom stereocenters. The average Bonchev–Trinajstić information content (AvgIpc) is 2.52. The van der Waals surface area contributed by atoms with Crippen LogP contribution in [-0.4, -0.2) is 17.6 Å². The summed E-state index contributed by atoms with van der Waals surface area (Å²) in [5.41, 5.74) is 0.497. The third-order valence-corrected chi connectivity index (χ3v) is 3.60. The second-order valence-electron chi connectivity index (χ2n) is 4.87. The number of halogens is 4. The molecule has 122 valence electrons. The zero-order valence-corrected chi connectivity index (χ0v) is 12.6. The predicted molar refractivity (Wildman–Crippen MR) is 79.4 cm³/mol. The summed E-state index contributed by atoms with van der Waals surface area (Å²) >= 11 is 5.94. The Kier molecular flexibility index (Phi) is 5.63. The van der Waals surface area contributed by atoms with Gasteiger partial charge in [-0.2, -0.15) is 0 Å². The number of nitrogens with one attached hydrogen (secondary N) is 1. The van der Waals surface area contributed by atoms with Gasteiger partial charge in [-0.25, -0.2) is 13.2 Å². The van der Waals surface area contributed by atoms with Crippen LogP contribution in [0.25, 0.3) is 0 Å². The maximum absolute atomic E-state index is 13.2. The average molecular weight is 344 g/mol. The largest absolute Gasteiger partial charge is 0.394 e. The van der Waals surface area contributed by atoms with Crippen molar-refractivity contribution in [1.82, 2.24) is 5.32 Å². The highest BCUT2D eigenvalue weighted by Crippen LogP contribution is 2.20. The van der Waals surface area contributed by atoms with Crippen molar-refractivity contribution in [1.29, 1.82) is 0 Å². The molecule has 1 amide bonds. The van der Waals surface area contributed by atoms with E-state index in [0.29, 0.717) is 10.6 Å². The van der Waals surface area contributed by atoms with Crippen LogP contribution in [0.15, 0.2) is 36.4 Å². The van der Waals surface area contributed by atoms with Gasteiger partial charge in [-0.15, -0.1) is 0 Å². The third-order valence-electron chi connectivity index (χ3n) is 3.24. The first-order chi connectivity index (χ1) is 10.9. The van der Waals surface area contributed by atoms with Gasteiger partial charge in [0.05, 0.1) is 19.1 Å². The number of carbonyl (C=O) groups is 1. The molecule has 0 aliphatic heterocycles. The summed E-state index contributed by atoms with van der Waals surface area (Å²) in [6.07, 6.45) is -0.0671. The van der Waals surface area contributed by atoms with Gasteiger partial charge < -0.3 is 10.4 Å². The molecule has 23 heavy (non-hydrogen) atoms. The maximum Gasteiger partial charge on any atom is 0.225 e. The quantitative estimate of drug-likeness (QED) is 0.819. The number of hydrogen-bond donors (Lipinski definition) is 2. The van der Waals surface area contributed by atoms with E-state index < -0.39 is 36.0 Å². The number of hydrogen-bond acceptors (Lipinski definition) is 2. The second kappa shape index (κ2) is 7.48. The van der Waals surface area contributed by atoms with Crippen molar-refractivity contribution in [3.8, 4) is 0 Å². The van der Waals surface area contributed by atoms with Gasteiger partial charge in [-0.3, -0.25) is 4.79 Å². The van der Waals surface area contributed by atoms with Gasteiger partial charge in [0.25, 0.3) is 0 Å². The molecule has 0 radical (unpaired) electrons. The standard InChI is InChI=1S/C16H13ClF3NO2/c17-11-4-2-1-3-9(11)7-15(23)21-14(8-22)10-5-12(18)16(20)13(19)6-10/h1-6,14,22H,7-8H2,(H,21,23). The fourth-order valence-corrected chi connectivity index (χ4v) is 2.27. The summed E-state index contributed by atoms with van der Waals surface area (Å²) in [5.74, 6) is -4.88. The van der Waals surface area contributed by atoms with Crippen LogP contribution in [0.1, 0.15) is 17.2 Å². The topological polar surface area (TPSA) is 49.3 Å². The minimum Gasteiger partial charge on any atom is -0.394 e. The summed E-state index contributed by atoms with van der Waals surface area (Å²) in [5, 5.41) is 12.2. The van der Waals surface area contributed by atoms with E-state index in [1.54, 1.807) is 24.3 Å². The number of carbonyl (C=O) groups excluding carboxylic acids is 1. The van der Waals surface area contributed by atoms with Crippen molar-refractivity contribution < 1.29 is 23.1 Å². The van der Waals surface area contributed by atoms with Gasteiger partial charge in [0.1, 0.15) is 0 Å². The van der Waals surface area contributed by atoms with Crippen molar-refractivity contribution in [2.45, 2.75) is 12.5 Å². The summed E-state index contributed by atoms with van der Waals surface area (Å²) in [7, 11) is 0. The Balaban J connectivity index is 2.13. The number of amides is 1. The molecule has 0 aliphatic carbocycles. The molecule has 2 N–H and O–H groups in total. The molecule has 0 fully saturated rings. The monoisotopic (exact) mass is 343 g/mol. The van der Waals surface area contributed by atoms with Gasteiger partial charge in [0, 0.05) is 5.02 Å². The molecule has 0 bridgehead atoms. The van der Waals surface area contributed by atoms with Crippen molar-refractivity contribution in [2.75, 3.05) is 6.61 Å². The maximum atomic E-state index is 13.2. The van der Waals surface area contributed by atoms with Crippen molar-refractivity contribution >= 4 is 17.5 Å². The molecular formula is C16H13ClF3NO2. The molecule has 3 nitrogen and oxygen atoms in total. The highest BCUT2D eigenvalue weighted by Gasteiger charge is 2.19. The zero-order chi connectivity index (χ0) is 17.0. The van der Waals surface area contributed by atoms with Crippen LogP contribution in [-0.2, 0) is 11.2 Å². The van der Waals surface area contributed by atoms with Crippen LogP contribution in [0, 0.1) is 17.5 Å². The van der Waals surface area contributed by atoms with E-state index in [1.165, 1.54) is 0 Å². The molecule has 0 saturated carbocycles. The predicted octanol–water partition coefficient (Wildman–Crippen LogP) is 3.15. The zero-order valence-electron chi connectivity index (χ0n) is 11.8. The molecule has 0 aromatic heterocycles. The molecule has 0 heterocycles. The Hall–Kier alpha value is -2.05. The van der Waals surface area contributed by atoms with E-state index in [0.717, 1.165) is 12.1 Å². The Labute approximate surface area is 135 Å². The lowest BCUT2D eigenvalue weighted by atomic mass is 10.1. The highest BCUT2D eigenvalue weighted by atomic mass is 35.5. The van der Waals surface area contributed by atoms with Crippen molar-refractivity contribution in [3.05, 3.63) is 70.0 Å². The minimum absolute atomic E-state index is 0.0671. The lowest BCUT2D eigenvalue weighted by molar-refractivity contribution is -0.121. The summed E-state index contributed by atoms with van der Waals surface area (Å²) in [6, 6.07) is 7.11. The van der Waals surface area contributed by atoms with Crippen LogP contribution >= 0.6 is 11.6 Å². The number of aliphatic hydroxyl groups excluding tert-OH is 1. The fraction of sp³-hybridized carbons (Fsp3) is 0.188. The third kappa shape index (κ3) is 4.24. The van der Waals surface area contributed by atoms with Crippen molar-refractivity contribution in [3.63, 3.8) is 0 Å². The van der Waals surface area contributed by atoms with Crippen LogP contribution in [0.5, 0.6) is 0 Å². The van der Waals surface area contributed by atoms with Crippen LogP contribution < -0.4 is 5.32 Å². The Bertz CT molecular complexity index is 701. The Morgan fingerprint density at radius 3 is 2.35 bits per heavy atom. The smallest absolute Gasteiger partial charge is 0.225 e. The molecule has 0 saturated heterocycles. The SMILES string of the molecule is O=C(Cc1ccccc1Cl)NC(CO)c1cc(F)c(F)c(F)c1. The molecule has 1 unspecified atom stereocenters. The van der Waals surface area contributed by atoms with Gasteiger partial charge in [-0.05, 0) is 29.3 Å². The minimum atomic E-state index is -1.60. The van der Waals surface area contributed by atoms with Gasteiger partial charge in [-0.1, -0.05) is 29.8 Å². The van der Waals surface area contributed by atoms with Crippen molar-refractivity contribution in [2.24, 2.45) is 0 Å². The summed E-state index contributed by atoms with van der Waals surface area (Å²) < 4.78 is 39.5. The van der Waals surface area contributed by atoms with E-state index in [-0.39, 0.29) is 12.0 Å². The summed E-state index contributed by atoms with van der Waals surface area (Å²) in [4.78, 5) is 12.0. The molecular weight excluding hydrogens is 331 g/mol. The first-order valence-corrected chi connectivity index (χ1v) is 7.08. The first-order valence-electron chi connectivity index (χ1n) is 6.70. The molecule has 7 heteroatoms. The first kappa shape index (κ1) is 17.3. The summed E-state index contributed by atoms with van der Waals surface area (Å²) in [6.45, 7) is -0.598. The van der Waals surface area contributed by atoms with E-state index in [4.69, 9.17) is 11.6 Å².